The van der Waals surface area contributed by atoms with E-state index < -0.39 is 0 Å². The van der Waals surface area contributed by atoms with Gasteiger partial charge >= 0.3 is 5.97 Å². The van der Waals surface area contributed by atoms with Gasteiger partial charge in [0.2, 0.25) is 0 Å². The van der Waals surface area contributed by atoms with E-state index in [1.165, 1.54) is 6.20 Å². The van der Waals surface area contributed by atoms with Crippen LogP contribution < -0.4 is 10.1 Å². The predicted octanol–water partition coefficient (Wildman–Crippen LogP) is 1.99. The highest BCUT2D eigenvalue weighted by Crippen LogP contribution is 2.20. The molecule has 1 saturated heterocycles. The Hall–Kier alpha value is -3.01. The summed E-state index contributed by atoms with van der Waals surface area (Å²) in [6.07, 6.45) is 2.56. The van der Waals surface area contributed by atoms with Crippen LogP contribution in [0.4, 0.5) is 0 Å². The first kappa shape index (κ1) is 20.3. The van der Waals surface area contributed by atoms with Gasteiger partial charge < -0.3 is 19.7 Å². The normalized spacial score (nSPS) is 15.0. The van der Waals surface area contributed by atoms with E-state index in [1.54, 1.807) is 18.9 Å². The lowest BCUT2D eigenvalue weighted by Crippen LogP contribution is -2.41. The van der Waals surface area contributed by atoms with Gasteiger partial charge in [-0.15, -0.1) is 0 Å². The largest absolute Gasteiger partial charge is 0.497 e. The Balaban J connectivity index is 1.89. The van der Waals surface area contributed by atoms with Crippen molar-refractivity contribution in [1.29, 1.82) is 5.26 Å². The number of carbonyl (C=O) groups is 2. The van der Waals surface area contributed by atoms with Crippen LogP contribution in [0.3, 0.4) is 0 Å². The van der Waals surface area contributed by atoms with Gasteiger partial charge in [-0.1, -0.05) is 12.1 Å². The fourth-order valence-electron chi connectivity index (χ4n) is 2.94. The third-order valence-corrected chi connectivity index (χ3v) is 4.44. The van der Waals surface area contributed by atoms with E-state index in [-0.39, 0.29) is 23.4 Å². The highest BCUT2D eigenvalue weighted by molar-refractivity contribution is 5.97. The molecule has 1 aliphatic rings. The molecule has 0 saturated carbocycles. The summed E-state index contributed by atoms with van der Waals surface area (Å²) in [5, 5.41) is 12.3. The number of ether oxygens (including phenoxy) is 2. The minimum absolute atomic E-state index is 0.0486. The number of nitriles is 1. The molecule has 1 aromatic carbocycles. The molecule has 0 aromatic heterocycles. The van der Waals surface area contributed by atoms with Crippen molar-refractivity contribution >= 4 is 11.9 Å². The standard InChI is InChI=1S/C20H25N3O4/c1-3-27-20(25)16-7-9-23(10-8-16)19(24)17(12-21)14-22-13-15-5-4-6-18(11-15)26-2/h4-6,11,14,16,22H,3,7-10,13H2,1-2H3/b17-14-. The fraction of sp³-hybridized carbons (Fsp3) is 0.450. The maximum absolute atomic E-state index is 12.5. The highest BCUT2D eigenvalue weighted by Gasteiger charge is 2.29. The molecule has 1 fully saturated rings. The Morgan fingerprint density at radius 1 is 1.37 bits per heavy atom. The van der Waals surface area contributed by atoms with Gasteiger partial charge in [0.15, 0.2) is 0 Å². The molecule has 0 spiro atoms. The first-order chi connectivity index (χ1) is 13.1. The molecular weight excluding hydrogens is 346 g/mol. The number of hydrogen-bond donors (Lipinski definition) is 1. The van der Waals surface area contributed by atoms with E-state index >= 15 is 0 Å². The second-order valence-electron chi connectivity index (χ2n) is 6.22. The zero-order valence-corrected chi connectivity index (χ0v) is 15.7. The monoisotopic (exact) mass is 371 g/mol. The van der Waals surface area contributed by atoms with Gasteiger partial charge in [0.25, 0.3) is 5.91 Å². The number of methoxy groups -OCH3 is 1. The van der Waals surface area contributed by atoms with Crippen LogP contribution in [0, 0.1) is 17.2 Å². The fourth-order valence-corrected chi connectivity index (χ4v) is 2.94. The summed E-state index contributed by atoms with van der Waals surface area (Å²) in [7, 11) is 1.60. The third-order valence-electron chi connectivity index (χ3n) is 4.44. The van der Waals surface area contributed by atoms with Gasteiger partial charge in [-0.05, 0) is 37.5 Å². The molecule has 27 heavy (non-hydrogen) atoms. The summed E-state index contributed by atoms with van der Waals surface area (Å²) in [5.74, 6) is 0.0487. The number of esters is 1. The lowest BCUT2D eigenvalue weighted by atomic mass is 9.96. The molecule has 0 aliphatic carbocycles. The van der Waals surface area contributed by atoms with Crippen LogP contribution >= 0.6 is 0 Å². The average molecular weight is 371 g/mol. The molecule has 0 bridgehead atoms. The topological polar surface area (TPSA) is 91.7 Å². The van der Waals surface area contributed by atoms with Crippen LogP contribution in [-0.4, -0.2) is 43.6 Å². The van der Waals surface area contributed by atoms with Crippen LogP contribution in [0.15, 0.2) is 36.0 Å². The van der Waals surface area contributed by atoms with Crippen molar-refractivity contribution in [2.75, 3.05) is 26.8 Å². The van der Waals surface area contributed by atoms with E-state index in [2.05, 4.69) is 5.32 Å². The summed E-state index contributed by atoms with van der Waals surface area (Å²) < 4.78 is 10.2. The summed E-state index contributed by atoms with van der Waals surface area (Å²) >= 11 is 0. The number of nitrogens with zero attached hydrogens (tertiary/aromatic N) is 2. The van der Waals surface area contributed by atoms with Crippen LogP contribution in [0.1, 0.15) is 25.3 Å². The molecule has 2 rings (SSSR count). The second-order valence-corrected chi connectivity index (χ2v) is 6.22. The Kier molecular flexibility index (Phi) is 7.68. The molecule has 7 heteroatoms. The third kappa shape index (κ3) is 5.74. The lowest BCUT2D eigenvalue weighted by molar-refractivity contribution is -0.150. The van der Waals surface area contributed by atoms with Crippen LogP contribution in [0.2, 0.25) is 0 Å². The Morgan fingerprint density at radius 3 is 2.74 bits per heavy atom. The van der Waals surface area contributed by atoms with E-state index in [4.69, 9.17) is 9.47 Å². The molecule has 7 nitrogen and oxygen atoms in total. The molecule has 1 N–H and O–H groups in total. The van der Waals surface area contributed by atoms with Gasteiger partial charge in [-0.3, -0.25) is 9.59 Å². The number of carbonyl (C=O) groups excluding carboxylic acids is 2. The summed E-state index contributed by atoms with van der Waals surface area (Å²) in [5.41, 5.74) is 1.03. The summed E-state index contributed by atoms with van der Waals surface area (Å²) in [6, 6.07) is 9.49. The number of amides is 1. The maximum atomic E-state index is 12.5. The first-order valence-electron chi connectivity index (χ1n) is 9.01. The van der Waals surface area contributed by atoms with E-state index in [0.29, 0.717) is 39.1 Å². The van der Waals surface area contributed by atoms with Gasteiger partial charge in [-0.25, -0.2) is 0 Å². The molecular formula is C20H25N3O4. The Bertz CT molecular complexity index is 731. The second kappa shape index (κ2) is 10.2. The summed E-state index contributed by atoms with van der Waals surface area (Å²) in [6.45, 7) is 3.49. The van der Waals surface area contributed by atoms with Crippen molar-refractivity contribution in [1.82, 2.24) is 10.2 Å². The Labute approximate surface area is 159 Å². The number of likely N-dealkylation sites (tertiary alicyclic amines) is 1. The maximum Gasteiger partial charge on any atom is 0.309 e. The smallest absolute Gasteiger partial charge is 0.309 e. The van der Waals surface area contributed by atoms with Crippen molar-refractivity contribution in [2.24, 2.45) is 5.92 Å². The molecule has 0 radical (unpaired) electrons. The zero-order chi connectivity index (χ0) is 19.6. The van der Waals surface area contributed by atoms with E-state index in [0.717, 1.165) is 11.3 Å². The molecule has 1 aromatic rings. The minimum Gasteiger partial charge on any atom is -0.497 e. The average Bonchev–Trinajstić information content (AvgIpc) is 2.71. The van der Waals surface area contributed by atoms with Gasteiger partial charge in [-0.2, -0.15) is 5.26 Å². The molecule has 1 amide bonds. The van der Waals surface area contributed by atoms with Crippen molar-refractivity contribution in [2.45, 2.75) is 26.3 Å². The number of benzene rings is 1. The van der Waals surface area contributed by atoms with Gasteiger partial charge in [0.05, 0.1) is 19.6 Å². The molecule has 0 unspecified atom stereocenters. The zero-order valence-electron chi connectivity index (χ0n) is 15.7. The molecule has 0 atom stereocenters. The number of piperidine rings is 1. The Morgan fingerprint density at radius 2 is 2.11 bits per heavy atom. The van der Waals surface area contributed by atoms with E-state index in [1.807, 2.05) is 30.3 Å². The molecule has 144 valence electrons. The van der Waals surface area contributed by atoms with Crippen LogP contribution in [-0.2, 0) is 20.9 Å². The van der Waals surface area contributed by atoms with Crippen molar-refractivity contribution in [3.8, 4) is 11.8 Å². The first-order valence-corrected chi connectivity index (χ1v) is 9.01. The SMILES string of the molecule is CCOC(=O)C1CCN(C(=O)/C(C#N)=C\NCc2cccc(OC)c2)CC1. The number of nitrogens with one attached hydrogen (secondary N) is 1. The highest BCUT2D eigenvalue weighted by atomic mass is 16.5. The van der Waals surface area contributed by atoms with Crippen molar-refractivity contribution < 1.29 is 19.1 Å². The van der Waals surface area contributed by atoms with Gasteiger partial charge in [0, 0.05) is 25.8 Å². The lowest BCUT2D eigenvalue weighted by Gasteiger charge is -2.30. The van der Waals surface area contributed by atoms with Crippen molar-refractivity contribution in [3.63, 3.8) is 0 Å². The van der Waals surface area contributed by atoms with Gasteiger partial charge in [0.1, 0.15) is 17.4 Å². The van der Waals surface area contributed by atoms with Crippen LogP contribution in [0.5, 0.6) is 5.75 Å². The van der Waals surface area contributed by atoms with E-state index in [9.17, 15) is 14.9 Å². The minimum atomic E-state index is -0.321. The van der Waals surface area contributed by atoms with Crippen LogP contribution in [0.25, 0.3) is 0 Å². The molecule has 1 aliphatic heterocycles. The number of rotatable bonds is 7. The number of hydrogen-bond acceptors (Lipinski definition) is 6. The van der Waals surface area contributed by atoms with Crippen molar-refractivity contribution in [3.05, 3.63) is 41.6 Å². The molecule has 1 heterocycles. The predicted molar refractivity (Wildman–Crippen MR) is 99.5 cm³/mol. The summed E-state index contributed by atoms with van der Waals surface area (Å²) in [4.78, 5) is 25.9. The quantitative estimate of drug-likeness (QED) is 0.448.